The predicted molar refractivity (Wildman–Crippen MR) is 60.9 cm³/mol. The van der Waals surface area contributed by atoms with Crippen molar-refractivity contribution >= 4 is 17.3 Å². The largest absolute Gasteiger partial charge is 0.481 e. The van der Waals surface area contributed by atoms with Crippen molar-refractivity contribution in [2.45, 2.75) is 31.6 Å². The van der Waals surface area contributed by atoms with Crippen LogP contribution in [0.3, 0.4) is 0 Å². The minimum atomic E-state index is -0.825. The van der Waals surface area contributed by atoms with Crippen molar-refractivity contribution in [3.63, 3.8) is 0 Å². The maximum Gasteiger partial charge on any atom is 0.309 e. The summed E-state index contributed by atoms with van der Waals surface area (Å²) in [6, 6.07) is 0. The topological polar surface area (TPSA) is 59.4 Å². The summed E-state index contributed by atoms with van der Waals surface area (Å²) in [4.78, 5) is 15.0. The first-order valence-electron chi connectivity index (χ1n) is 5.35. The molecule has 0 bridgehead atoms. The lowest BCUT2D eigenvalue weighted by atomic mass is 9.83. The number of nitrogens with zero attached hydrogens (tertiary/aromatic N) is 1. The van der Waals surface area contributed by atoms with Crippen molar-refractivity contribution in [1.82, 2.24) is 4.98 Å². The summed E-state index contributed by atoms with van der Waals surface area (Å²) in [6.07, 6.45) is 1.95. The van der Waals surface area contributed by atoms with E-state index >= 15 is 0 Å². The fourth-order valence-electron chi connectivity index (χ4n) is 1.86. The normalized spacial score (nSPS) is 19.6. The summed E-state index contributed by atoms with van der Waals surface area (Å²) in [7, 11) is 0. The molecule has 1 N–H and O–H groups in total. The Bertz CT molecular complexity index is 382. The lowest BCUT2D eigenvalue weighted by Gasteiger charge is -2.31. The highest BCUT2D eigenvalue weighted by Crippen LogP contribution is 2.35. The fraction of sp³-hybridized carbons (Fsp3) is 0.636. The first kappa shape index (κ1) is 11.5. The van der Waals surface area contributed by atoms with E-state index in [0.717, 1.165) is 31.1 Å². The molecule has 1 aliphatic rings. The predicted octanol–water partition coefficient (Wildman–Crippen LogP) is 1.84. The summed E-state index contributed by atoms with van der Waals surface area (Å²) in [6.45, 7) is 3.72. The van der Waals surface area contributed by atoms with E-state index in [1.54, 1.807) is 11.3 Å². The number of aliphatic carboxylic acids is 1. The lowest BCUT2D eigenvalue weighted by molar-refractivity contribution is -0.136. The summed E-state index contributed by atoms with van der Waals surface area (Å²) in [5.74, 6) is -0.825. The molecular formula is C11H15NO3S. The van der Waals surface area contributed by atoms with Crippen LogP contribution in [0.15, 0.2) is 5.38 Å². The van der Waals surface area contributed by atoms with Crippen LogP contribution in [0.1, 0.15) is 30.5 Å². The maximum atomic E-state index is 10.6. The van der Waals surface area contributed by atoms with E-state index in [2.05, 4.69) is 11.9 Å². The summed E-state index contributed by atoms with van der Waals surface area (Å²) >= 11 is 1.57. The number of thiazole rings is 1. The van der Waals surface area contributed by atoms with Crippen LogP contribution >= 0.6 is 11.3 Å². The molecule has 1 aliphatic heterocycles. The van der Waals surface area contributed by atoms with Gasteiger partial charge in [0.15, 0.2) is 0 Å². The highest BCUT2D eigenvalue weighted by Gasteiger charge is 2.32. The van der Waals surface area contributed by atoms with Gasteiger partial charge in [-0.1, -0.05) is 6.92 Å². The Hall–Kier alpha value is -0.940. The number of aromatic nitrogens is 1. The number of hydrogen-bond acceptors (Lipinski definition) is 4. The molecule has 1 saturated heterocycles. The van der Waals surface area contributed by atoms with Crippen molar-refractivity contribution in [3.05, 3.63) is 16.1 Å². The Morgan fingerprint density at radius 3 is 2.94 bits per heavy atom. The molecule has 5 heteroatoms. The molecule has 0 saturated carbocycles. The zero-order valence-electron chi connectivity index (χ0n) is 9.23. The third-order valence-electron chi connectivity index (χ3n) is 3.00. The van der Waals surface area contributed by atoms with Gasteiger partial charge in [0.2, 0.25) is 0 Å². The molecule has 2 rings (SSSR count). The highest BCUT2D eigenvalue weighted by atomic mass is 32.1. The van der Waals surface area contributed by atoms with E-state index in [0.29, 0.717) is 5.69 Å². The van der Waals surface area contributed by atoms with Crippen molar-refractivity contribution in [1.29, 1.82) is 0 Å². The standard InChI is InChI=1S/C11H15NO3S/c1-11(2-4-15-5-3-11)10-12-8(7-16-10)6-9(13)14/h7H,2-6H2,1H3,(H,13,14). The van der Waals surface area contributed by atoms with Crippen molar-refractivity contribution in [3.8, 4) is 0 Å². The minimum absolute atomic E-state index is 0.0169. The molecule has 0 spiro atoms. The number of hydrogen-bond donors (Lipinski definition) is 1. The van der Waals surface area contributed by atoms with Gasteiger partial charge in [-0.05, 0) is 12.8 Å². The Morgan fingerprint density at radius 2 is 2.31 bits per heavy atom. The Kier molecular flexibility index (Phi) is 3.25. The number of carboxylic acids is 1. The Morgan fingerprint density at radius 1 is 1.62 bits per heavy atom. The third kappa shape index (κ3) is 2.41. The van der Waals surface area contributed by atoms with Crippen LogP contribution in [0, 0.1) is 0 Å². The summed E-state index contributed by atoms with van der Waals surface area (Å²) in [5.41, 5.74) is 0.736. The van der Waals surface area contributed by atoms with Gasteiger partial charge in [0.1, 0.15) is 0 Å². The molecule has 1 fully saturated rings. The quantitative estimate of drug-likeness (QED) is 0.877. The highest BCUT2D eigenvalue weighted by molar-refractivity contribution is 7.09. The molecule has 88 valence electrons. The van der Waals surface area contributed by atoms with Gasteiger partial charge >= 0.3 is 5.97 Å². The molecule has 4 nitrogen and oxygen atoms in total. The SMILES string of the molecule is CC1(c2nc(CC(=O)O)cs2)CCOCC1. The van der Waals surface area contributed by atoms with E-state index in [-0.39, 0.29) is 11.8 Å². The van der Waals surface area contributed by atoms with Crippen molar-refractivity contribution in [2.75, 3.05) is 13.2 Å². The van der Waals surface area contributed by atoms with Crippen LogP contribution in [0.2, 0.25) is 0 Å². The number of carbonyl (C=O) groups is 1. The average molecular weight is 241 g/mol. The van der Waals surface area contributed by atoms with Gasteiger partial charge in [0.25, 0.3) is 0 Å². The second kappa shape index (κ2) is 4.51. The Balaban J connectivity index is 2.13. The molecule has 2 heterocycles. The molecule has 1 aromatic rings. The van der Waals surface area contributed by atoms with Gasteiger partial charge in [0, 0.05) is 24.0 Å². The average Bonchev–Trinajstić information content (AvgIpc) is 2.67. The van der Waals surface area contributed by atoms with E-state index in [1.165, 1.54) is 0 Å². The van der Waals surface area contributed by atoms with Gasteiger partial charge in [-0.2, -0.15) is 0 Å². The number of carboxylic acid groups (broad SMARTS) is 1. The first-order chi connectivity index (χ1) is 7.60. The van der Waals surface area contributed by atoms with Crippen LogP contribution < -0.4 is 0 Å². The van der Waals surface area contributed by atoms with Crippen LogP contribution in [0.25, 0.3) is 0 Å². The number of ether oxygens (including phenoxy) is 1. The van der Waals surface area contributed by atoms with Gasteiger partial charge in [-0.15, -0.1) is 11.3 Å². The van der Waals surface area contributed by atoms with Crippen LogP contribution in [-0.4, -0.2) is 29.3 Å². The molecule has 0 atom stereocenters. The van der Waals surface area contributed by atoms with Crippen molar-refractivity contribution in [2.24, 2.45) is 0 Å². The molecule has 16 heavy (non-hydrogen) atoms. The van der Waals surface area contributed by atoms with E-state index in [9.17, 15) is 4.79 Å². The molecule has 0 unspecified atom stereocenters. The van der Waals surface area contributed by atoms with E-state index < -0.39 is 5.97 Å². The smallest absolute Gasteiger partial charge is 0.309 e. The second-order valence-corrected chi connectivity index (χ2v) is 5.25. The van der Waals surface area contributed by atoms with Crippen LogP contribution in [0.5, 0.6) is 0 Å². The van der Waals surface area contributed by atoms with Gasteiger partial charge in [-0.25, -0.2) is 4.98 Å². The number of rotatable bonds is 3. The van der Waals surface area contributed by atoms with Gasteiger partial charge in [-0.3, -0.25) is 4.79 Å². The monoisotopic (exact) mass is 241 g/mol. The first-order valence-corrected chi connectivity index (χ1v) is 6.22. The van der Waals surface area contributed by atoms with Crippen LogP contribution in [-0.2, 0) is 21.4 Å². The maximum absolute atomic E-state index is 10.6. The molecule has 0 amide bonds. The van der Waals surface area contributed by atoms with Gasteiger partial charge in [0.05, 0.1) is 17.1 Å². The third-order valence-corrected chi connectivity index (χ3v) is 4.19. The van der Waals surface area contributed by atoms with E-state index in [4.69, 9.17) is 9.84 Å². The molecule has 0 radical (unpaired) electrons. The van der Waals surface area contributed by atoms with E-state index in [1.807, 2.05) is 5.38 Å². The summed E-state index contributed by atoms with van der Waals surface area (Å²) in [5, 5.41) is 11.6. The second-order valence-electron chi connectivity index (χ2n) is 4.39. The fourth-order valence-corrected chi connectivity index (χ4v) is 2.90. The molecular weight excluding hydrogens is 226 g/mol. The molecule has 0 aromatic carbocycles. The van der Waals surface area contributed by atoms with Crippen molar-refractivity contribution < 1.29 is 14.6 Å². The zero-order chi connectivity index (χ0) is 11.6. The molecule has 0 aliphatic carbocycles. The Labute approximate surface area is 98.3 Å². The van der Waals surface area contributed by atoms with Crippen LogP contribution in [0.4, 0.5) is 0 Å². The molecule has 1 aromatic heterocycles. The minimum Gasteiger partial charge on any atom is -0.481 e. The lowest BCUT2D eigenvalue weighted by Crippen LogP contribution is -2.30. The van der Waals surface area contributed by atoms with Gasteiger partial charge < -0.3 is 9.84 Å². The summed E-state index contributed by atoms with van der Waals surface area (Å²) < 4.78 is 5.34. The zero-order valence-corrected chi connectivity index (χ0v) is 10.0.